The van der Waals surface area contributed by atoms with Crippen LogP contribution in [-0.2, 0) is 0 Å². The van der Waals surface area contributed by atoms with Crippen LogP contribution in [0.1, 0.15) is 24.1 Å². The van der Waals surface area contributed by atoms with Crippen molar-refractivity contribution in [3.05, 3.63) is 59.2 Å². The Morgan fingerprint density at radius 3 is 2.48 bits per heavy atom. The maximum Gasteiger partial charge on any atom is 0.166 e. The smallest absolute Gasteiger partial charge is 0.166 e. The van der Waals surface area contributed by atoms with Gasteiger partial charge in [0.2, 0.25) is 0 Å². The van der Waals surface area contributed by atoms with Crippen LogP contribution in [-0.4, -0.2) is 7.05 Å². The van der Waals surface area contributed by atoms with Crippen molar-refractivity contribution in [2.75, 3.05) is 7.05 Å². The molecule has 5 heteroatoms. The molecule has 108 valence electrons. The molecule has 0 fully saturated rings. The minimum absolute atomic E-state index is 0.00570. The highest BCUT2D eigenvalue weighted by atomic mass is 19.1. The molecule has 0 aliphatic rings. The van der Waals surface area contributed by atoms with Crippen LogP contribution in [0.15, 0.2) is 36.4 Å². The molecule has 0 aliphatic carbocycles. The fraction of sp³-hybridized carbons (Fsp3) is 0.188. The van der Waals surface area contributed by atoms with E-state index in [0.717, 1.165) is 11.6 Å². The molecular weight excluding hydrogens is 274 g/mol. The normalized spacial score (nSPS) is 11.8. The Hall–Kier alpha value is -2.45. The van der Waals surface area contributed by atoms with Crippen LogP contribution in [0, 0.1) is 23.0 Å². The fourth-order valence-electron chi connectivity index (χ4n) is 1.81. The summed E-state index contributed by atoms with van der Waals surface area (Å²) in [6.07, 6.45) is 0. The summed E-state index contributed by atoms with van der Waals surface area (Å²) in [5, 5.41) is 11.7. The molecule has 0 saturated heterocycles. The SMILES string of the molecule is CNC(C)c1ccc(Oc2ccc(C#N)c(F)c2)c(F)c1. The summed E-state index contributed by atoms with van der Waals surface area (Å²) in [6.45, 7) is 1.91. The Balaban J connectivity index is 2.24. The molecule has 2 aromatic rings. The molecule has 0 amide bonds. The van der Waals surface area contributed by atoms with Gasteiger partial charge in [0.15, 0.2) is 11.6 Å². The number of rotatable bonds is 4. The van der Waals surface area contributed by atoms with Crippen molar-refractivity contribution < 1.29 is 13.5 Å². The lowest BCUT2D eigenvalue weighted by Crippen LogP contribution is -2.12. The van der Waals surface area contributed by atoms with Gasteiger partial charge in [0.05, 0.1) is 5.56 Å². The summed E-state index contributed by atoms with van der Waals surface area (Å²) in [5.41, 5.74) is 0.703. The third-order valence-electron chi connectivity index (χ3n) is 3.18. The van der Waals surface area contributed by atoms with E-state index in [2.05, 4.69) is 5.32 Å². The standard InChI is InChI=1S/C16H14F2N2O/c1-10(20-2)11-4-6-16(15(18)7-11)21-13-5-3-12(9-19)14(17)8-13/h3-8,10,20H,1-2H3. The first-order valence-electron chi connectivity index (χ1n) is 6.39. The second-order valence-corrected chi connectivity index (χ2v) is 4.56. The molecule has 0 spiro atoms. The van der Waals surface area contributed by atoms with Crippen LogP contribution in [0.4, 0.5) is 8.78 Å². The molecule has 2 aromatic carbocycles. The zero-order chi connectivity index (χ0) is 15.4. The van der Waals surface area contributed by atoms with E-state index in [9.17, 15) is 8.78 Å². The van der Waals surface area contributed by atoms with Gasteiger partial charge in [-0.25, -0.2) is 8.78 Å². The number of ether oxygens (including phenoxy) is 1. The Morgan fingerprint density at radius 1 is 1.14 bits per heavy atom. The minimum atomic E-state index is -0.698. The number of benzene rings is 2. The lowest BCUT2D eigenvalue weighted by Gasteiger charge is -2.13. The van der Waals surface area contributed by atoms with E-state index in [-0.39, 0.29) is 23.1 Å². The van der Waals surface area contributed by atoms with E-state index in [1.165, 1.54) is 24.3 Å². The Kier molecular flexibility index (Phi) is 4.51. The monoisotopic (exact) mass is 288 g/mol. The predicted octanol–water partition coefficient (Wildman–Crippen LogP) is 3.91. The topological polar surface area (TPSA) is 45.0 Å². The van der Waals surface area contributed by atoms with Gasteiger partial charge in [-0.15, -0.1) is 0 Å². The Morgan fingerprint density at radius 2 is 1.90 bits per heavy atom. The van der Waals surface area contributed by atoms with Crippen molar-refractivity contribution in [1.29, 1.82) is 5.26 Å². The predicted molar refractivity (Wildman–Crippen MR) is 75.1 cm³/mol. The third-order valence-corrected chi connectivity index (χ3v) is 3.18. The van der Waals surface area contributed by atoms with Crippen LogP contribution in [0.2, 0.25) is 0 Å². The van der Waals surface area contributed by atoms with Gasteiger partial charge in [-0.05, 0) is 43.8 Å². The summed E-state index contributed by atoms with van der Waals surface area (Å²) >= 11 is 0. The van der Waals surface area contributed by atoms with Crippen molar-refractivity contribution in [3.63, 3.8) is 0 Å². The molecule has 0 bridgehead atoms. The Labute approximate surface area is 121 Å². The van der Waals surface area contributed by atoms with Crippen LogP contribution in [0.3, 0.4) is 0 Å². The maximum atomic E-state index is 14.0. The van der Waals surface area contributed by atoms with Crippen LogP contribution in [0.25, 0.3) is 0 Å². The first-order valence-corrected chi connectivity index (χ1v) is 6.39. The third kappa shape index (κ3) is 3.36. The van der Waals surface area contributed by atoms with Gasteiger partial charge in [0.1, 0.15) is 17.6 Å². The molecule has 0 heterocycles. The van der Waals surface area contributed by atoms with Gasteiger partial charge in [0, 0.05) is 12.1 Å². The summed E-state index contributed by atoms with van der Waals surface area (Å²) in [7, 11) is 1.78. The van der Waals surface area contributed by atoms with Gasteiger partial charge in [-0.2, -0.15) is 5.26 Å². The van der Waals surface area contributed by atoms with E-state index in [1.54, 1.807) is 19.2 Å². The van der Waals surface area contributed by atoms with E-state index in [0.29, 0.717) is 0 Å². The molecule has 1 N–H and O–H groups in total. The van der Waals surface area contributed by atoms with Crippen molar-refractivity contribution in [2.45, 2.75) is 13.0 Å². The number of nitrogens with zero attached hydrogens (tertiary/aromatic N) is 1. The van der Waals surface area contributed by atoms with Crippen molar-refractivity contribution in [3.8, 4) is 17.6 Å². The molecule has 0 saturated carbocycles. The molecule has 0 radical (unpaired) electrons. The first-order chi connectivity index (χ1) is 10.0. The Bertz CT molecular complexity index is 695. The molecule has 0 aromatic heterocycles. The summed E-state index contributed by atoms with van der Waals surface area (Å²) in [5.74, 6) is -1.08. The van der Waals surface area contributed by atoms with E-state index >= 15 is 0 Å². The van der Waals surface area contributed by atoms with Gasteiger partial charge < -0.3 is 10.1 Å². The van der Waals surface area contributed by atoms with Crippen molar-refractivity contribution in [2.24, 2.45) is 0 Å². The summed E-state index contributed by atoms with van der Waals surface area (Å²) < 4.78 is 32.8. The van der Waals surface area contributed by atoms with Gasteiger partial charge in [-0.3, -0.25) is 0 Å². The van der Waals surface area contributed by atoms with E-state index in [1.807, 2.05) is 6.92 Å². The molecule has 3 nitrogen and oxygen atoms in total. The lowest BCUT2D eigenvalue weighted by molar-refractivity contribution is 0.437. The molecular formula is C16H14F2N2O. The number of halogens is 2. The highest BCUT2D eigenvalue weighted by Crippen LogP contribution is 2.27. The quantitative estimate of drug-likeness (QED) is 0.927. The average molecular weight is 288 g/mol. The molecule has 2 rings (SSSR count). The molecule has 21 heavy (non-hydrogen) atoms. The lowest BCUT2D eigenvalue weighted by atomic mass is 10.1. The molecule has 0 aliphatic heterocycles. The van der Waals surface area contributed by atoms with Gasteiger partial charge in [-0.1, -0.05) is 6.07 Å². The number of hydrogen-bond donors (Lipinski definition) is 1. The fourth-order valence-corrected chi connectivity index (χ4v) is 1.81. The second-order valence-electron chi connectivity index (χ2n) is 4.56. The highest BCUT2D eigenvalue weighted by Gasteiger charge is 2.10. The zero-order valence-electron chi connectivity index (χ0n) is 11.7. The second kappa shape index (κ2) is 6.33. The maximum absolute atomic E-state index is 14.0. The largest absolute Gasteiger partial charge is 0.454 e. The molecule has 1 unspecified atom stereocenters. The van der Waals surface area contributed by atoms with E-state index in [4.69, 9.17) is 10.00 Å². The number of nitrogens with one attached hydrogen (secondary N) is 1. The van der Waals surface area contributed by atoms with Crippen LogP contribution in [0.5, 0.6) is 11.5 Å². The number of hydrogen-bond acceptors (Lipinski definition) is 3. The van der Waals surface area contributed by atoms with Crippen molar-refractivity contribution in [1.82, 2.24) is 5.32 Å². The van der Waals surface area contributed by atoms with Gasteiger partial charge in [0.25, 0.3) is 0 Å². The zero-order valence-corrected chi connectivity index (χ0v) is 11.7. The van der Waals surface area contributed by atoms with Crippen LogP contribution < -0.4 is 10.1 Å². The number of nitriles is 1. The van der Waals surface area contributed by atoms with Crippen LogP contribution >= 0.6 is 0 Å². The first kappa shape index (κ1) is 14.9. The average Bonchev–Trinajstić information content (AvgIpc) is 2.48. The minimum Gasteiger partial charge on any atom is -0.454 e. The highest BCUT2D eigenvalue weighted by molar-refractivity contribution is 5.39. The molecule has 1 atom stereocenters. The summed E-state index contributed by atoms with van der Waals surface area (Å²) in [6, 6.07) is 10.1. The van der Waals surface area contributed by atoms with E-state index < -0.39 is 11.6 Å². The van der Waals surface area contributed by atoms with Crippen molar-refractivity contribution >= 4 is 0 Å². The summed E-state index contributed by atoms with van der Waals surface area (Å²) in [4.78, 5) is 0. The van der Waals surface area contributed by atoms with Gasteiger partial charge >= 0.3 is 0 Å².